The summed E-state index contributed by atoms with van der Waals surface area (Å²) in [6.07, 6.45) is 4.39. The average molecular weight is 332 g/mol. The van der Waals surface area contributed by atoms with Crippen molar-refractivity contribution < 1.29 is 14.0 Å². The number of rotatable bonds is 5. The highest BCUT2D eigenvalue weighted by Crippen LogP contribution is 2.30. The van der Waals surface area contributed by atoms with Crippen molar-refractivity contribution in [2.24, 2.45) is 0 Å². The lowest BCUT2D eigenvalue weighted by molar-refractivity contribution is -0.134. The third-order valence-corrected chi connectivity index (χ3v) is 4.30. The largest absolute Gasteiger partial charge is 0.356 e. The molecule has 2 aliphatic rings. The van der Waals surface area contributed by atoms with E-state index in [1.165, 1.54) is 12.1 Å². The lowest BCUT2D eigenvalue weighted by atomic mass is 10.0. The second-order valence-electron chi connectivity index (χ2n) is 5.93. The first kappa shape index (κ1) is 16.4. The summed E-state index contributed by atoms with van der Waals surface area (Å²) in [7, 11) is 0. The third kappa shape index (κ3) is 3.41. The summed E-state index contributed by atoms with van der Waals surface area (Å²) in [5.74, 6) is -0.365. The van der Waals surface area contributed by atoms with Gasteiger partial charge in [-0.1, -0.05) is 12.1 Å². The Morgan fingerprint density at radius 1 is 1.33 bits per heavy atom. The van der Waals surface area contributed by atoms with E-state index in [4.69, 9.17) is 0 Å². The van der Waals surface area contributed by atoms with Crippen LogP contribution < -0.4 is 10.7 Å². The van der Waals surface area contributed by atoms with Crippen LogP contribution in [0.4, 0.5) is 4.39 Å². The number of carbonyl (C=O) groups excluding carboxylic acids is 2. The van der Waals surface area contributed by atoms with Crippen LogP contribution in [0.2, 0.25) is 0 Å². The van der Waals surface area contributed by atoms with E-state index in [2.05, 4.69) is 10.7 Å². The molecule has 2 amide bonds. The van der Waals surface area contributed by atoms with Crippen LogP contribution in [0.3, 0.4) is 0 Å². The maximum absolute atomic E-state index is 13.1. The Balaban J connectivity index is 1.62. The van der Waals surface area contributed by atoms with Crippen LogP contribution in [0.5, 0.6) is 0 Å². The Morgan fingerprint density at radius 2 is 2.08 bits per heavy atom. The second-order valence-corrected chi connectivity index (χ2v) is 5.93. The molecule has 3 rings (SSSR count). The first-order chi connectivity index (χ1) is 11.6. The van der Waals surface area contributed by atoms with Crippen molar-refractivity contribution in [1.82, 2.24) is 20.7 Å². The molecule has 1 fully saturated rings. The second kappa shape index (κ2) is 7.00. The maximum Gasteiger partial charge on any atom is 0.250 e. The molecular formula is C17H21FN4O2. The zero-order valence-corrected chi connectivity index (χ0v) is 13.5. The summed E-state index contributed by atoms with van der Waals surface area (Å²) in [6.45, 7) is 2.82. The van der Waals surface area contributed by atoms with Crippen LogP contribution in [0.25, 0.3) is 0 Å². The smallest absolute Gasteiger partial charge is 0.250 e. The summed E-state index contributed by atoms with van der Waals surface area (Å²) >= 11 is 0. The van der Waals surface area contributed by atoms with Gasteiger partial charge in [0.1, 0.15) is 11.9 Å². The quantitative estimate of drug-likeness (QED) is 0.853. The van der Waals surface area contributed by atoms with Gasteiger partial charge in [0, 0.05) is 31.9 Å². The zero-order valence-electron chi connectivity index (χ0n) is 13.5. The molecule has 0 saturated carbocycles. The van der Waals surface area contributed by atoms with Crippen LogP contribution in [-0.2, 0) is 9.59 Å². The number of hydrogen-bond acceptors (Lipinski definition) is 4. The van der Waals surface area contributed by atoms with Crippen LogP contribution in [0, 0.1) is 5.82 Å². The highest BCUT2D eigenvalue weighted by atomic mass is 19.1. The van der Waals surface area contributed by atoms with E-state index in [9.17, 15) is 14.0 Å². The lowest BCUT2D eigenvalue weighted by Gasteiger charge is -2.31. The number of fused-ring (bicyclic) bond motifs is 1. The monoisotopic (exact) mass is 332 g/mol. The van der Waals surface area contributed by atoms with Crippen LogP contribution >= 0.6 is 0 Å². The van der Waals surface area contributed by atoms with Crippen LogP contribution in [-0.4, -0.2) is 40.9 Å². The highest BCUT2D eigenvalue weighted by molar-refractivity contribution is 5.85. The predicted octanol–water partition coefficient (Wildman–Crippen LogP) is 1.29. The van der Waals surface area contributed by atoms with Gasteiger partial charge < -0.3 is 15.2 Å². The van der Waals surface area contributed by atoms with Crippen LogP contribution in [0.15, 0.2) is 36.7 Å². The average Bonchev–Trinajstić information content (AvgIpc) is 3.00. The molecule has 2 N–H and O–H groups in total. The van der Waals surface area contributed by atoms with Gasteiger partial charge in [-0.25, -0.2) is 9.82 Å². The molecule has 0 spiro atoms. The van der Waals surface area contributed by atoms with E-state index in [-0.39, 0.29) is 36.1 Å². The van der Waals surface area contributed by atoms with Crippen molar-refractivity contribution in [2.45, 2.75) is 31.8 Å². The van der Waals surface area contributed by atoms with Crippen molar-refractivity contribution in [3.8, 4) is 0 Å². The molecule has 2 heterocycles. The van der Waals surface area contributed by atoms with E-state index in [1.807, 2.05) is 13.1 Å². The first-order valence-corrected chi connectivity index (χ1v) is 8.14. The zero-order chi connectivity index (χ0) is 17.1. The molecule has 1 aromatic carbocycles. The molecule has 24 heavy (non-hydrogen) atoms. The number of amides is 2. The molecule has 6 nitrogen and oxygen atoms in total. The molecule has 0 aliphatic carbocycles. The fraction of sp³-hybridized carbons (Fsp3) is 0.412. The van der Waals surface area contributed by atoms with Crippen molar-refractivity contribution in [3.05, 3.63) is 48.0 Å². The van der Waals surface area contributed by atoms with Gasteiger partial charge in [-0.15, -0.1) is 0 Å². The number of halogens is 1. The minimum Gasteiger partial charge on any atom is -0.356 e. The minimum absolute atomic E-state index is 0.0288. The van der Waals surface area contributed by atoms with E-state index in [1.54, 1.807) is 28.2 Å². The highest BCUT2D eigenvalue weighted by Gasteiger charge is 2.39. The summed E-state index contributed by atoms with van der Waals surface area (Å²) < 4.78 is 13.1. The van der Waals surface area contributed by atoms with Crippen molar-refractivity contribution in [3.63, 3.8) is 0 Å². The van der Waals surface area contributed by atoms with E-state index < -0.39 is 0 Å². The number of hydrazine groups is 1. The van der Waals surface area contributed by atoms with Gasteiger partial charge in [0.05, 0.1) is 6.04 Å². The molecule has 128 valence electrons. The van der Waals surface area contributed by atoms with Crippen molar-refractivity contribution >= 4 is 11.8 Å². The fourth-order valence-electron chi connectivity index (χ4n) is 3.04. The molecule has 2 atom stereocenters. The molecule has 7 heteroatoms. The van der Waals surface area contributed by atoms with Gasteiger partial charge in [-0.05, 0) is 31.0 Å². The van der Waals surface area contributed by atoms with Gasteiger partial charge in [0.25, 0.3) is 5.91 Å². The fourth-order valence-corrected chi connectivity index (χ4v) is 3.04. The Morgan fingerprint density at radius 3 is 2.79 bits per heavy atom. The maximum atomic E-state index is 13.1. The van der Waals surface area contributed by atoms with Crippen molar-refractivity contribution in [1.29, 1.82) is 0 Å². The predicted molar refractivity (Wildman–Crippen MR) is 86.7 cm³/mol. The topological polar surface area (TPSA) is 64.7 Å². The molecule has 2 aliphatic heterocycles. The summed E-state index contributed by atoms with van der Waals surface area (Å²) in [5, 5.41) is 4.52. The number of benzene rings is 1. The van der Waals surface area contributed by atoms with Crippen LogP contribution in [0.1, 0.15) is 31.4 Å². The number of nitrogens with zero attached hydrogens (tertiary/aromatic N) is 2. The Labute approximate surface area is 140 Å². The van der Waals surface area contributed by atoms with E-state index in [0.29, 0.717) is 19.5 Å². The Hall–Kier alpha value is -2.41. The first-order valence-electron chi connectivity index (χ1n) is 8.14. The molecule has 0 aromatic heterocycles. The van der Waals surface area contributed by atoms with Crippen molar-refractivity contribution in [2.75, 3.05) is 13.1 Å². The van der Waals surface area contributed by atoms with E-state index in [0.717, 1.165) is 5.56 Å². The SMILES string of the molecule is CCNC(=O)CCN1C=CN2NC(c3ccc(F)cc3)CC2C1=O. The van der Waals surface area contributed by atoms with E-state index >= 15 is 0 Å². The molecule has 0 bridgehead atoms. The molecular weight excluding hydrogens is 311 g/mol. The summed E-state index contributed by atoms with van der Waals surface area (Å²) in [4.78, 5) is 25.8. The molecule has 1 saturated heterocycles. The van der Waals surface area contributed by atoms with Gasteiger partial charge in [0.15, 0.2) is 0 Å². The normalized spacial score (nSPS) is 22.7. The van der Waals surface area contributed by atoms with Gasteiger partial charge >= 0.3 is 0 Å². The minimum atomic E-state index is -0.306. The summed E-state index contributed by atoms with van der Waals surface area (Å²) in [6, 6.07) is 5.96. The Kier molecular flexibility index (Phi) is 4.80. The lowest BCUT2D eigenvalue weighted by Crippen LogP contribution is -2.48. The van der Waals surface area contributed by atoms with Gasteiger partial charge in [0.2, 0.25) is 5.91 Å². The van der Waals surface area contributed by atoms with Gasteiger partial charge in [-0.2, -0.15) is 0 Å². The molecule has 1 aromatic rings. The number of hydrogen-bond donors (Lipinski definition) is 2. The number of carbonyl (C=O) groups is 2. The van der Waals surface area contributed by atoms with Gasteiger partial charge in [-0.3, -0.25) is 9.59 Å². The molecule has 0 radical (unpaired) electrons. The third-order valence-electron chi connectivity index (χ3n) is 4.30. The molecule has 2 unspecified atom stereocenters. The summed E-state index contributed by atoms with van der Waals surface area (Å²) in [5.41, 5.74) is 4.21. The Bertz CT molecular complexity index is 646. The number of nitrogens with one attached hydrogen (secondary N) is 2. The standard InChI is InChI=1S/C17H21FN4O2/c1-2-19-16(23)7-8-21-9-10-22-15(17(21)24)11-14(20-22)12-3-5-13(18)6-4-12/h3-6,9-10,14-15,20H,2,7-8,11H2,1H3,(H,19,23).